The molecule has 4 nitrogen and oxygen atoms in total. The molecule has 1 N–H and O–H groups in total. The van der Waals surface area contributed by atoms with Gasteiger partial charge in [-0.2, -0.15) is 0 Å². The van der Waals surface area contributed by atoms with E-state index >= 15 is 0 Å². The van der Waals surface area contributed by atoms with Crippen molar-refractivity contribution in [2.75, 3.05) is 31.6 Å². The van der Waals surface area contributed by atoms with E-state index in [0.717, 1.165) is 35.3 Å². The van der Waals surface area contributed by atoms with Crippen molar-refractivity contribution >= 4 is 16.5 Å². The highest BCUT2D eigenvalue weighted by molar-refractivity contribution is 7.15. The third kappa shape index (κ3) is 2.68. The Morgan fingerprint density at radius 3 is 2.67 bits per heavy atom. The van der Waals surface area contributed by atoms with Gasteiger partial charge in [0.05, 0.1) is 17.2 Å². The summed E-state index contributed by atoms with van der Waals surface area (Å²) < 4.78 is 0. The summed E-state index contributed by atoms with van der Waals surface area (Å²) in [5.41, 5.74) is 1.06. The molecule has 18 heavy (non-hydrogen) atoms. The highest BCUT2D eigenvalue weighted by atomic mass is 32.1. The van der Waals surface area contributed by atoms with Gasteiger partial charge in [0.2, 0.25) is 0 Å². The van der Waals surface area contributed by atoms with E-state index in [4.69, 9.17) is 4.98 Å². The number of aliphatic hydroxyl groups is 1. The zero-order chi connectivity index (χ0) is 13.3. The molecule has 0 spiro atoms. The number of anilines is 1. The van der Waals surface area contributed by atoms with Crippen LogP contribution in [0, 0.1) is 0 Å². The summed E-state index contributed by atoms with van der Waals surface area (Å²) in [5.74, 6) is 0.377. The van der Waals surface area contributed by atoms with Crippen molar-refractivity contribution in [3.05, 3.63) is 10.6 Å². The number of rotatable bonds is 3. The van der Waals surface area contributed by atoms with E-state index in [9.17, 15) is 5.11 Å². The molecule has 102 valence electrons. The van der Waals surface area contributed by atoms with Crippen LogP contribution in [0.15, 0.2) is 0 Å². The molecule has 0 aromatic carbocycles. The Balaban J connectivity index is 2.18. The average Bonchev–Trinajstić information content (AvgIpc) is 2.77. The highest BCUT2D eigenvalue weighted by Gasteiger charge is 2.24. The van der Waals surface area contributed by atoms with Crippen LogP contribution in [0.5, 0.6) is 0 Å². The molecule has 0 saturated carbocycles. The van der Waals surface area contributed by atoms with Crippen LogP contribution in [0.1, 0.15) is 37.3 Å². The van der Waals surface area contributed by atoms with Crippen LogP contribution in [0.25, 0.3) is 0 Å². The van der Waals surface area contributed by atoms with Crippen molar-refractivity contribution in [3.63, 3.8) is 0 Å². The summed E-state index contributed by atoms with van der Waals surface area (Å²) in [7, 11) is 2.17. The zero-order valence-corrected chi connectivity index (χ0v) is 12.5. The molecule has 1 atom stereocenters. The molecule has 0 radical (unpaired) electrons. The normalized spacial score (nSPS) is 21.9. The minimum atomic E-state index is 0.106. The topological polar surface area (TPSA) is 39.6 Å². The maximum absolute atomic E-state index is 9.42. The van der Waals surface area contributed by atoms with Gasteiger partial charge in [-0.3, -0.25) is 0 Å². The SMILES string of the molecule is CC(C)c1nc(N2CCN(C)C(C)C2)sc1CO. The van der Waals surface area contributed by atoms with Gasteiger partial charge in [0.1, 0.15) is 0 Å². The van der Waals surface area contributed by atoms with Gasteiger partial charge in [0, 0.05) is 25.7 Å². The molecule has 0 amide bonds. The van der Waals surface area contributed by atoms with Crippen molar-refractivity contribution in [2.24, 2.45) is 0 Å². The number of likely N-dealkylation sites (N-methyl/N-ethyl adjacent to an activating group) is 1. The number of hydrogen-bond acceptors (Lipinski definition) is 5. The van der Waals surface area contributed by atoms with Crippen LogP contribution in [-0.2, 0) is 6.61 Å². The second kappa shape index (κ2) is 5.55. The van der Waals surface area contributed by atoms with Gasteiger partial charge in [-0.25, -0.2) is 4.98 Å². The smallest absolute Gasteiger partial charge is 0.185 e. The van der Waals surface area contributed by atoms with Gasteiger partial charge in [-0.15, -0.1) is 0 Å². The van der Waals surface area contributed by atoms with Gasteiger partial charge >= 0.3 is 0 Å². The Kier molecular flexibility index (Phi) is 4.25. The summed E-state index contributed by atoms with van der Waals surface area (Å²) >= 11 is 1.64. The molecular weight excluding hydrogens is 246 g/mol. The van der Waals surface area contributed by atoms with Gasteiger partial charge in [0.25, 0.3) is 0 Å². The number of aliphatic hydroxyl groups excluding tert-OH is 1. The largest absolute Gasteiger partial charge is 0.391 e. The third-order valence-corrected chi connectivity index (χ3v) is 4.75. The summed E-state index contributed by atoms with van der Waals surface area (Å²) in [6.45, 7) is 9.73. The molecule has 1 aliphatic heterocycles. The average molecular weight is 269 g/mol. The molecule has 2 heterocycles. The summed E-state index contributed by atoms with van der Waals surface area (Å²) in [4.78, 5) is 10.5. The maximum atomic E-state index is 9.42. The lowest BCUT2D eigenvalue weighted by molar-refractivity contribution is 0.234. The van der Waals surface area contributed by atoms with E-state index in [1.54, 1.807) is 11.3 Å². The minimum absolute atomic E-state index is 0.106. The Bertz CT molecular complexity index is 405. The molecule has 1 aromatic rings. The maximum Gasteiger partial charge on any atom is 0.185 e. The Hall–Kier alpha value is -0.650. The summed E-state index contributed by atoms with van der Waals surface area (Å²) in [6.07, 6.45) is 0. The van der Waals surface area contributed by atoms with Gasteiger partial charge < -0.3 is 14.9 Å². The molecule has 1 fully saturated rings. The highest BCUT2D eigenvalue weighted by Crippen LogP contribution is 2.31. The zero-order valence-electron chi connectivity index (χ0n) is 11.7. The number of nitrogens with zero attached hydrogens (tertiary/aromatic N) is 3. The lowest BCUT2D eigenvalue weighted by Gasteiger charge is -2.37. The number of thiazole rings is 1. The molecule has 5 heteroatoms. The Morgan fingerprint density at radius 1 is 1.44 bits per heavy atom. The third-order valence-electron chi connectivity index (χ3n) is 3.64. The van der Waals surface area contributed by atoms with E-state index in [-0.39, 0.29) is 6.61 Å². The fraction of sp³-hybridized carbons (Fsp3) is 0.769. The van der Waals surface area contributed by atoms with Crippen molar-refractivity contribution < 1.29 is 5.11 Å². The Labute approximate surface area is 113 Å². The quantitative estimate of drug-likeness (QED) is 0.910. The monoisotopic (exact) mass is 269 g/mol. The first kappa shape index (κ1) is 13.8. The van der Waals surface area contributed by atoms with E-state index in [2.05, 4.69) is 37.6 Å². The van der Waals surface area contributed by atoms with Crippen LogP contribution in [0.3, 0.4) is 0 Å². The molecule has 1 aliphatic rings. The fourth-order valence-electron chi connectivity index (χ4n) is 2.27. The van der Waals surface area contributed by atoms with Crippen LogP contribution in [-0.4, -0.2) is 47.7 Å². The second-order valence-electron chi connectivity index (χ2n) is 5.39. The van der Waals surface area contributed by atoms with Gasteiger partial charge in [-0.1, -0.05) is 25.2 Å². The molecule has 2 rings (SSSR count). The molecule has 1 aromatic heterocycles. The first-order valence-corrected chi connectivity index (χ1v) is 7.40. The fourth-order valence-corrected chi connectivity index (χ4v) is 3.38. The molecule has 0 bridgehead atoms. The van der Waals surface area contributed by atoms with E-state index < -0.39 is 0 Å². The van der Waals surface area contributed by atoms with Crippen molar-refractivity contribution in [1.82, 2.24) is 9.88 Å². The molecule has 1 unspecified atom stereocenters. The molecule has 1 saturated heterocycles. The number of aromatic nitrogens is 1. The second-order valence-corrected chi connectivity index (χ2v) is 6.46. The van der Waals surface area contributed by atoms with E-state index in [0.29, 0.717) is 12.0 Å². The molecule has 0 aliphatic carbocycles. The minimum Gasteiger partial charge on any atom is -0.391 e. The number of piperazine rings is 1. The van der Waals surface area contributed by atoms with Gasteiger partial charge in [0.15, 0.2) is 5.13 Å². The van der Waals surface area contributed by atoms with Crippen molar-refractivity contribution in [2.45, 2.75) is 39.3 Å². The van der Waals surface area contributed by atoms with Crippen molar-refractivity contribution in [3.8, 4) is 0 Å². The summed E-state index contributed by atoms with van der Waals surface area (Å²) in [6, 6.07) is 0.558. The predicted molar refractivity (Wildman–Crippen MR) is 76.4 cm³/mol. The van der Waals surface area contributed by atoms with Crippen LogP contribution in [0.2, 0.25) is 0 Å². The van der Waals surface area contributed by atoms with Crippen molar-refractivity contribution in [1.29, 1.82) is 0 Å². The first-order valence-electron chi connectivity index (χ1n) is 6.58. The summed E-state index contributed by atoms with van der Waals surface area (Å²) in [5, 5.41) is 10.5. The van der Waals surface area contributed by atoms with Crippen LogP contribution in [0.4, 0.5) is 5.13 Å². The van der Waals surface area contributed by atoms with Gasteiger partial charge in [-0.05, 0) is 19.9 Å². The lowest BCUT2D eigenvalue weighted by Crippen LogP contribution is -2.50. The lowest BCUT2D eigenvalue weighted by atomic mass is 10.1. The van der Waals surface area contributed by atoms with E-state index in [1.165, 1.54) is 0 Å². The van der Waals surface area contributed by atoms with Crippen LogP contribution < -0.4 is 4.90 Å². The Morgan fingerprint density at radius 2 is 2.17 bits per heavy atom. The number of hydrogen-bond donors (Lipinski definition) is 1. The first-order chi connectivity index (χ1) is 8.52. The molecular formula is C13H23N3OS. The van der Waals surface area contributed by atoms with Crippen LogP contribution >= 0.6 is 11.3 Å². The standard InChI is InChI=1S/C13H23N3OS/c1-9(2)12-11(8-17)18-13(14-12)16-6-5-15(4)10(3)7-16/h9-10,17H,5-8H2,1-4H3. The van der Waals surface area contributed by atoms with E-state index in [1.807, 2.05) is 0 Å². The predicted octanol–water partition coefficient (Wildman–Crippen LogP) is 1.90.